The van der Waals surface area contributed by atoms with Gasteiger partial charge in [-0.15, -0.1) is 5.10 Å². The molecule has 122 valence electrons. The molecule has 0 bridgehead atoms. The lowest BCUT2D eigenvalue weighted by Crippen LogP contribution is -2.39. The molecule has 2 N–H and O–H groups in total. The molecule has 1 aromatic heterocycles. The largest absolute Gasteiger partial charge is 0.387 e. The average Bonchev–Trinajstić information content (AvgIpc) is 3.05. The van der Waals surface area contributed by atoms with Gasteiger partial charge in [0.1, 0.15) is 5.82 Å². The predicted molar refractivity (Wildman–Crippen MR) is 86.6 cm³/mol. The Balaban J connectivity index is 1.51. The standard InChI is InChI=1S/C17H21FN4O/c18-14-7-5-13(6-8-14)16(23)12-19-11-15-3-2-10-22(15)17-4-1-9-20-21-17/h1,4-9,15-16,19,23H,2-3,10-12H2/t15-,16+/m0/s1. The van der Waals surface area contributed by atoms with Gasteiger partial charge in [-0.3, -0.25) is 0 Å². The van der Waals surface area contributed by atoms with Crippen molar-refractivity contribution in [3.05, 3.63) is 54.0 Å². The van der Waals surface area contributed by atoms with Gasteiger partial charge in [0, 0.05) is 31.9 Å². The second-order valence-corrected chi connectivity index (χ2v) is 5.80. The van der Waals surface area contributed by atoms with Crippen LogP contribution in [-0.4, -0.2) is 41.0 Å². The summed E-state index contributed by atoms with van der Waals surface area (Å²) < 4.78 is 12.9. The highest BCUT2D eigenvalue weighted by Crippen LogP contribution is 2.22. The summed E-state index contributed by atoms with van der Waals surface area (Å²) in [7, 11) is 0. The summed E-state index contributed by atoms with van der Waals surface area (Å²) in [5.74, 6) is 0.607. The Hall–Kier alpha value is -2.05. The van der Waals surface area contributed by atoms with Crippen LogP contribution in [0.5, 0.6) is 0 Å². The fraction of sp³-hybridized carbons (Fsp3) is 0.412. The Morgan fingerprint density at radius 3 is 2.87 bits per heavy atom. The Morgan fingerprint density at radius 1 is 1.30 bits per heavy atom. The van der Waals surface area contributed by atoms with Gasteiger partial charge in [0.25, 0.3) is 0 Å². The number of aliphatic hydroxyl groups excluding tert-OH is 1. The molecule has 0 saturated carbocycles. The summed E-state index contributed by atoms with van der Waals surface area (Å²) >= 11 is 0. The average molecular weight is 316 g/mol. The van der Waals surface area contributed by atoms with E-state index in [1.807, 2.05) is 12.1 Å². The Kier molecular flexibility index (Phi) is 5.15. The quantitative estimate of drug-likeness (QED) is 0.852. The Morgan fingerprint density at radius 2 is 2.13 bits per heavy atom. The van der Waals surface area contributed by atoms with Crippen molar-refractivity contribution in [2.75, 3.05) is 24.5 Å². The molecule has 0 amide bonds. The zero-order valence-electron chi connectivity index (χ0n) is 12.9. The molecule has 1 saturated heterocycles. The van der Waals surface area contributed by atoms with Crippen molar-refractivity contribution < 1.29 is 9.50 Å². The van der Waals surface area contributed by atoms with E-state index in [0.29, 0.717) is 12.6 Å². The molecule has 2 heterocycles. The first kappa shape index (κ1) is 15.8. The zero-order chi connectivity index (χ0) is 16.1. The van der Waals surface area contributed by atoms with Gasteiger partial charge in [0.05, 0.1) is 6.10 Å². The van der Waals surface area contributed by atoms with Crippen molar-refractivity contribution in [1.82, 2.24) is 15.5 Å². The molecule has 6 heteroatoms. The maximum absolute atomic E-state index is 12.9. The molecule has 2 aromatic rings. The smallest absolute Gasteiger partial charge is 0.151 e. The van der Waals surface area contributed by atoms with Crippen molar-refractivity contribution in [2.24, 2.45) is 0 Å². The van der Waals surface area contributed by atoms with E-state index >= 15 is 0 Å². The van der Waals surface area contributed by atoms with Gasteiger partial charge in [0.2, 0.25) is 0 Å². The van der Waals surface area contributed by atoms with Gasteiger partial charge in [-0.2, -0.15) is 5.10 Å². The number of nitrogens with zero attached hydrogens (tertiary/aromatic N) is 3. The zero-order valence-corrected chi connectivity index (χ0v) is 12.9. The molecular weight excluding hydrogens is 295 g/mol. The molecule has 1 fully saturated rings. The van der Waals surface area contributed by atoms with E-state index in [1.165, 1.54) is 12.1 Å². The van der Waals surface area contributed by atoms with Crippen molar-refractivity contribution in [3.63, 3.8) is 0 Å². The first-order valence-corrected chi connectivity index (χ1v) is 7.92. The summed E-state index contributed by atoms with van der Waals surface area (Å²) in [4.78, 5) is 2.25. The van der Waals surface area contributed by atoms with Crippen LogP contribution in [0.15, 0.2) is 42.6 Å². The van der Waals surface area contributed by atoms with Gasteiger partial charge in [-0.25, -0.2) is 4.39 Å². The normalized spacial score (nSPS) is 19.0. The lowest BCUT2D eigenvalue weighted by Gasteiger charge is -2.26. The van der Waals surface area contributed by atoms with Crippen LogP contribution in [0.1, 0.15) is 24.5 Å². The summed E-state index contributed by atoms with van der Waals surface area (Å²) in [5, 5.41) is 21.6. The van der Waals surface area contributed by atoms with Crippen molar-refractivity contribution >= 4 is 5.82 Å². The van der Waals surface area contributed by atoms with Crippen LogP contribution in [0.4, 0.5) is 10.2 Å². The fourth-order valence-corrected chi connectivity index (χ4v) is 2.99. The van der Waals surface area contributed by atoms with E-state index in [-0.39, 0.29) is 5.82 Å². The Bertz CT molecular complexity index is 608. The molecule has 5 nitrogen and oxygen atoms in total. The SMILES string of the molecule is O[C@H](CNC[C@@H]1CCCN1c1cccnn1)c1ccc(F)cc1. The highest BCUT2D eigenvalue weighted by molar-refractivity contribution is 5.39. The number of rotatable bonds is 6. The number of halogens is 1. The van der Waals surface area contributed by atoms with Crippen LogP contribution in [0.2, 0.25) is 0 Å². The third kappa shape index (κ3) is 4.03. The summed E-state index contributed by atoms with van der Waals surface area (Å²) in [6, 6.07) is 10.2. The van der Waals surface area contributed by atoms with Gasteiger partial charge in [0.15, 0.2) is 5.82 Å². The monoisotopic (exact) mass is 316 g/mol. The third-order valence-corrected chi connectivity index (χ3v) is 4.20. The van der Waals surface area contributed by atoms with Crippen LogP contribution >= 0.6 is 0 Å². The Labute approximate surface area is 135 Å². The van der Waals surface area contributed by atoms with Crippen molar-refractivity contribution in [1.29, 1.82) is 0 Å². The first-order chi connectivity index (χ1) is 11.2. The summed E-state index contributed by atoms with van der Waals surface area (Å²) in [6.45, 7) is 2.19. The molecule has 2 atom stereocenters. The topological polar surface area (TPSA) is 61.3 Å². The van der Waals surface area contributed by atoms with E-state index in [1.54, 1.807) is 18.3 Å². The van der Waals surface area contributed by atoms with E-state index < -0.39 is 6.10 Å². The number of hydrogen-bond acceptors (Lipinski definition) is 5. The molecule has 0 aliphatic carbocycles. The van der Waals surface area contributed by atoms with Gasteiger partial charge >= 0.3 is 0 Å². The van der Waals surface area contributed by atoms with Crippen LogP contribution in [0.3, 0.4) is 0 Å². The van der Waals surface area contributed by atoms with Gasteiger partial charge in [-0.05, 0) is 42.7 Å². The number of aliphatic hydroxyl groups is 1. The third-order valence-electron chi connectivity index (χ3n) is 4.20. The molecule has 1 aliphatic rings. The fourth-order valence-electron chi connectivity index (χ4n) is 2.99. The van der Waals surface area contributed by atoms with Gasteiger partial charge < -0.3 is 15.3 Å². The van der Waals surface area contributed by atoms with E-state index in [2.05, 4.69) is 20.4 Å². The highest BCUT2D eigenvalue weighted by Gasteiger charge is 2.25. The van der Waals surface area contributed by atoms with E-state index in [0.717, 1.165) is 37.3 Å². The lowest BCUT2D eigenvalue weighted by molar-refractivity contribution is 0.174. The lowest BCUT2D eigenvalue weighted by atomic mass is 10.1. The van der Waals surface area contributed by atoms with E-state index in [4.69, 9.17) is 0 Å². The molecule has 1 aromatic carbocycles. The van der Waals surface area contributed by atoms with Crippen molar-refractivity contribution in [3.8, 4) is 0 Å². The predicted octanol–water partition coefficient (Wildman–Crippen LogP) is 1.91. The van der Waals surface area contributed by atoms with E-state index in [9.17, 15) is 9.50 Å². The minimum absolute atomic E-state index is 0.292. The maximum Gasteiger partial charge on any atom is 0.151 e. The number of nitrogens with one attached hydrogen (secondary N) is 1. The molecular formula is C17H21FN4O. The minimum atomic E-state index is -0.637. The second-order valence-electron chi connectivity index (χ2n) is 5.80. The molecule has 23 heavy (non-hydrogen) atoms. The number of hydrogen-bond donors (Lipinski definition) is 2. The first-order valence-electron chi connectivity index (χ1n) is 7.92. The maximum atomic E-state index is 12.9. The minimum Gasteiger partial charge on any atom is -0.387 e. The molecule has 1 aliphatic heterocycles. The summed E-state index contributed by atoms with van der Waals surface area (Å²) in [6.07, 6.45) is 3.26. The molecule has 0 spiro atoms. The highest BCUT2D eigenvalue weighted by atomic mass is 19.1. The van der Waals surface area contributed by atoms with Crippen molar-refractivity contribution in [2.45, 2.75) is 25.0 Å². The number of aromatic nitrogens is 2. The van der Waals surface area contributed by atoms with Gasteiger partial charge in [-0.1, -0.05) is 12.1 Å². The molecule has 3 rings (SSSR count). The number of benzene rings is 1. The van der Waals surface area contributed by atoms with Crippen LogP contribution in [0.25, 0.3) is 0 Å². The second kappa shape index (κ2) is 7.48. The van der Waals surface area contributed by atoms with Crippen LogP contribution < -0.4 is 10.2 Å². The van der Waals surface area contributed by atoms with Crippen LogP contribution in [-0.2, 0) is 0 Å². The molecule has 0 unspecified atom stereocenters. The number of anilines is 1. The summed E-state index contributed by atoms with van der Waals surface area (Å²) in [5.41, 5.74) is 0.719. The molecule has 0 radical (unpaired) electrons. The van der Waals surface area contributed by atoms with Crippen LogP contribution in [0, 0.1) is 5.82 Å².